The van der Waals surface area contributed by atoms with Crippen LogP contribution in [-0.4, -0.2) is 18.2 Å². The third kappa shape index (κ3) is 5.26. The summed E-state index contributed by atoms with van der Waals surface area (Å²) in [5, 5.41) is 0. The van der Waals surface area contributed by atoms with Crippen LogP contribution < -0.4 is 4.90 Å². The van der Waals surface area contributed by atoms with E-state index in [4.69, 9.17) is 0 Å². The van der Waals surface area contributed by atoms with E-state index in [9.17, 15) is 9.59 Å². The van der Waals surface area contributed by atoms with Crippen LogP contribution in [0.1, 0.15) is 77.7 Å². The van der Waals surface area contributed by atoms with E-state index in [0.29, 0.717) is 6.54 Å². The number of benzene rings is 1. The highest BCUT2D eigenvalue weighted by atomic mass is 16.2. The molecule has 4 rings (SSSR count). The van der Waals surface area contributed by atoms with Gasteiger partial charge in [0.05, 0.1) is 0 Å². The Morgan fingerprint density at radius 3 is 2.14 bits per heavy atom. The summed E-state index contributed by atoms with van der Waals surface area (Å²) in [6.07, 6.45) is 11.9. The second-order valence-corrected chi connectivity index (χ2v) is 9.14. The number of carbonyl (C=O) groups is 2. The Balaban J connectivity index is 0.000000252. The number of hydrogen-bond acceptors (Lipinski definition) is 2. The topological polar surface area (TPSA) is 37.4 Å². The maximum absolute atomic E-state index is 12.4. The first-order chi connectivity index (χ1) is 13.9. The Morgan fingerprint density at radius 1 is 1.03 bits per heavy atom. The molecule has 0 spiro atoms. The molecule has 0 aromatic heterocycles. The molecule has 0 radical (unpaired) electrons. The van der Waals surface area contributed by atoms with E-state index in [1.54, 1.807) is 6.92 Å². The number of Topliss-reactive ketones (excluding diaryl/α,β-unsaturated/α-hetero) is 1. The lowest BCUT2D eigenvalue weighted by Crippen LogP contribution is -2.26. The first-order valence-corrected chi connectivity index (χ1v) is 11.2. The zero-order chi connectivity index (χ0) is 21.0. The molecular formula is C26H35NO2. The first-order valence-electron chi connectivity index (χ1n) is 11.2. The van der Waals surface area contributed by atoms with Crippen LogP contribution in [0, 0.1) is 11.8 Å². The molecule has 1 aromatic rings. The van der Waals surface area contributed by atoms with Gasteiger partial charge >= 0.3 is 0 Å². The number of anilines is 1. The van der Waals surface area contributed by atoms with Crippen molar-refractivity contribution in [2.45, 2.75) is 72.1 Å². The van der Waals surface area contributed by atoms with Gasteiger partial charge in [-0.2, -0.15) is 0 Å². The molecule has 2 aliphatic carbocycles. The second-order valence-electron chi connectivity index (χ2n) is 9.14. The molecule has 156 valence electrons. The lowest BCUT2D eigenvalue weighted by molar-refractivity contribution is -0.118. The summed E-state index contributed by atoms with van der Waals surface area (Å²) < 4.78 is 0. The normalized spacial score (nSPS) is 24.7. The minimum atomic E-state index is -0.0948. The quantitative estimate of drug-likeness (QED) is 0.612. The molecule has 1 amide bonds. The van der Waals surface area contributed by atoms with Crippen molar-refractivity contribution in [3.8, 4) is 0 Å². The van der Waals surface area contributed by atoms with Gasteiger partial charge in [-0.25, -0.2) is 0 Å². The standard InChI is InChI=1S/C18H19NO2.C8H16/c1-12(13(2)20)14-7-9-16(10-8-14)19-11-15-5-3-4-6-17(15)18(19)21;1-7-3-5-8(2)6-4-7/h4,6-10,12H,3,5,11H2,1-2H3;7-8H,3-6H2,1-2H3. The number of rotatable bonds is 3. The van der Waals surface area contributed by atoms with Crippen molar-refractivity contribution in [3.63, 3.8) is 0 Å². The van der Waals surface area contributed by atoms with E-state index in [0.717, 1.165) is 41.5 Å². The lowest BCUT2D eigenvalue weighted by Gasteiger charge is -2.22. The lowest BCUT2D eigenvalue weighted by atomic mass is 9.84. The van der Waals surface area contributed by atoms with Crippen LogP contribution in [0.4, 0.5) is 5.69 Å². The predicted octanol–water partition coefficient (Wildman–Crippen LogP) is 6.20. The molecule has 0 saturated heterocycles. The SMILES string of the molecule is CC(=O)C(C)c1ccc(N2CC3=C(C=CCC3)C2=O)cc1.CC1CCC(C)CC1. The van der Waals surface area contributed by atoms with Gasteiger partial charge in [-0.15, -0.1) is 0 Å². The monoisotopic (exact) mass is 393 g/mol. The molecule has 1 unspecified atom stereocenters. The van der Waals surface area contributed by atoms with Gasteiger partial charge in [0.1, 0.15) is 5.78 Å². The molecular weight excluding hydrogens is 358 g/mol. The van der Waals surface area contributed by atoms with Gasteiger partial charge < -0.3 is 4.90 Å². The molecule has 3 nitrogen and oxygen atoms in total. The molecule has 29 heavy (non-hydrogen) atoms. The van der Waals surface area contributed by atoms with Crippen LogP contribution >= 0.6 is 0 Å². The third-order valence-electron chi connectivity index (χ3n) is 6.72. The average Bonchev–Trinajstić information content (AvgIpc) is 3.07. The number of carbonyl (C=O) groups excluding carboxylic acids is 2. The highest BCUT2D eigenvalue weighted by Gasteiger charge is 2.30. The van der Waals surface area contributed by atoms with Gasteiger partial charge in [0.25, 0.3) is 5.91 Å². The van der Waals surface area contributed by atoms with E-state index in [1.165, 1.54) is 31.3 Å². The Hall–Kier alpha value is -2.16. The number of nitrogens with zero attached hydrogens (tertiary/aromatic N) is 1. The largest absolute Gasteiger partial charge is 0.304 e. The molecule has 3 heteroatoms. The van der Waals surface area contributed by atoms with Crippen molar-refractivity contribution in [2.75, 3.05) is 11.4 Å². The summed E-state index contributed by atoms with van der Waals surface area (Å²) in [7, 11) is 0. The van der Waals surface area contributed by atoms with Crippen molar-refractivity contribution >= 4 is 17.4 Å². The minimum Gasteiger partial charge on any atom is -0.304 e. The van der Waals surface area contributed by atoms with E-state index < -0.39 is 0 Å². The Labute approximate surface area is 175 Å². The van der Waals surface area contributed by atoms with Gasteiger partial charge in [-0.1, -0.05) is 70.7 Å². The van der Waals surface area contributed by atoms with Crippen LogP contribution in [0.5, 0.6) is 0 Å². The van der Waals surface area contributed by atoms with Crippen LogP contribution in [0.2, 0.25) is 0 Å². The number of hydrogen-bond donors (Lipinski definition) is 0. The second kappa shape index (κ2) is 9.56. The van der Waals surface area contributed by atoms with Gasteiger partial charge in [-0.05, 0) is 54.9 Å². The highest BCUT2D eigenvalue weighted by molar-refractivity contribution is 6.11. The van der Waals surface area contributed by atoms with Crippen LogP contribution in [-0.2, 0) is 9.59 Å². The predicted molar refractivity (Wildman–Crippen MR) is 120 cm³/mol. The maximum atomic E-state index is 12.4. The van der Waals surface area contributed by atoms with Gasteiger partial charge in [0.2, 0.25) is 0 Å². The van der Waals surface area contributed by atoms with Crippen molar-refractivity contribution in [3.05, 3.63) is 53.1 Å². The van der Waals surface area contributed by atoms with Crippen molar-refractivity contribution < 1.29 is 9.59 Å². The molecule has 1 heterocycles. The van der Waals surface area contributed by atoms with Gasteiger partial charge in [0, 0.05) is 23.7 Å². The fourth-order valence-corrected chi connectivity index (χ4v) is 4.32. The fraction of sp³-hybridized carbons (Fsp3) is 0.538. The summed E-state index contributed by atoms with van der Waals surface area (Å²) in [6, 6.07) is 7.77. The number of allylic oxidation sites excluding steroid dienone is 1. The van der Waals surface area contributed by atoms with E-state index >= 15 is 0 Å². The molecule has 1 atom stereocenters. The third-order valence-corrected chi connectivity index (χ3v) is 6.72. The van der Waals surface area contributed by atoms with Crippen LogP contribution in [0.3, 0.4) is 0 Å². The van der Waals surface area contributed by atoms with Gasteiger partial charge in [-0.3, -0.25) is 9.59 Å². The molecule has 1 aromatic carbocycles. The summed E-state index contributed by atoms with van der Waals surface area (Å²) in [5.74, 6) is 2.19. The number of ketones is 1. The molecule has 3 aliphatic rings. The van der Waals surface area contributed by atoms with E-state index in [2.05, 4.69) is 19.9 Å². The van der Waals surface area contributed by atoms with Crippen molar-refractivity contribution in [1.29, 1.82) is 0 Å². The van der Waals surface area contributed by atoms with Crippen molar-refractivity contribution in [2.24, 2.45) is 11.8 Å². The van der Waals surface area contributed by atoms with E-state index in [-0.39, 0.29) is 17.6 Å². The zero-order valence-electron chi connectivity index (χ0n) is 18.4. The Kier molecular flexibility index (Phi) is 7.10. The van der Waals surface area contributed by atoms with Gasteiger partial charge in [0.15, 0.2) is 0 Å². The smallest absolute Gasteiger partial charge is 0.258 e. The zero-order valence-corrected chi connectivity index (χ0v) is 18.4. The van der Waals surface area contributed by atoms with Crippen molar-refractivity contribution in [1.82, 2.24) is 0 Å². The molecule has 0 bridgehead atoms. The van der Waals surface area contributed by atoms with Crippen LogP contribution in [0.15, 0.2) is 47.6 Å². The molecule has 1 fully saturated rings. The van der Waals surface area contributed by atoms with Crippen LogP contribution in [0.25, 0.3) is 0 Å². The molecule has 1 aliphatic heterocycles. The maximum Gasteiger partial charge on any atom is 0.258 e. The summed E-state index contributed by atoms with van der Waals surface area (Å²) in [6.45, 7) is 8.94. The Bertz CT molecular complexity index is 785. The summed E-state index contributed by atoms with van der Waals surface area (Å²) in [4.78, 5) is 25.7. The van der Waals surface area contributed by atoms with E-state index in [1.807, 2.05) is 42.2 Å². The molecule has 0 N–H and O–H groups in total. The first kappa shape index (κ1) is 21.5. The average molecular weight is 394 g/mol. The Morgan fingerprint density at radius 2 is 1.62 bits per heavy atom. The highest BCUT2D eigenvalue weighted by Crippen LogP contribution is 2.32. The number of amides is 1. The summed E-state index contributed by atoms with van der Waals surface area (Å²) in [5.41, 5.74) is 4.00. The molecule has 1 saturated carbocycles. The fourth-order valence-electron chi connectivity index (χ4n) is 4.32. The minimum absolute atomic E-state index is 0.0910. The summed E-state index contributed by atoms with van der Waals surface area (Å²) >= 11 is 0.